The zero-order valence-corrected chi connectivity index (χ0v) is 15.9. The van der Waals surface area contributed by atoms with Crippen molar-refractivity contribution in [1.82, 2.24) is 20.2 Å². The Bertz CT molecular complexity index is 1240. The summed E-state index contributed by atoms with van der Waals surface area (Å²) in [6.07, 6.45) is 2.19. The van der Waals surface area contributed by atoms with E-state index in [1.165, 1.54) is 12.1 Å². The number of hydrogen-bond acceptors (Lipinski definition) is 9. The summed E-state index contributed by atoms with van der Waals surface area (Å²) in [5.41, 5.74) is 10.3. The third-order valence-corrected chi connectivity index (χ3v) is 5.07. The minimum absolute atomic E-state index is 0.0340. The number of nitro benzene ring substituents is 1. The summed E-state index contributed by atoms with van der Waals surface area (Å²) in [4.78, 5) is 22.0. The second-order valence-corrected chi connectivity index (χ2v) is 7.03. The Hall–Kier alpha value is -4.08. The third-order valence-electron chi connectivity index (χ3n) is 5.07. The number of anilines is 3. The molecule has 2 aromatic carbocycles. The first-order valence-corrected chi connectivity index (χ1v) is 9.64. The maximum absolute atomic E-state index is 10.9. The standard InChI is InChI=1S/C20H18N8O2/c29-28(30)14-9-7-13(8-10-14)23-24-18-17-19(22-16-6-2-1-5-15(16)21-17)25-26-20(18)27-11-3-4-12-27/h1-2,5-10,23H,3-4,11-12H2,(H,22,24,25). The van der Waals surface area contributed by atoms with E-state index in [2.05, 4.69) is 30.9 Å². The van der Waals surface area contributed by atoms with Crippen molar-refractivity contribution in [1.29, 1.82) is 0 Å². The molecule has 10 nitrogen and oxygen atoms in total. The second kappa shape index (κ2) is 7.39. The summed E-state index contributed by atoms with van der Waals surface area (Å²) in [5, 5.41) is 19.6. The van der Waals surface area contributed by atoms with Gasteiger partial charge >= 0.3 is 0 Å². The Morgan fingerprint density at radius 3 is 2.30 bits per heavy atom. The van der Waals surface area contributed by atoms with Crippen LogP contribution in [0, 0.1) is 10.1 Å². The van der Waals surface area contributed by atoms with E-state index < -0.39 is 4.92 Å². The molecule has 0 saturated carbocycles. The summed E-state index contributed by atoms with van der Waals surface area (Å²) in [7, 11) is 0. The molecule has 0 unspecified atom stereocenters. The monoisotopic (exact) mass is 402 g/mol. The number of hydrazine groups is 1. The van der Waals surface area contributed by atoms with Crippen LogP contribution in [0.5, 0.6) is 0 Å². The third kappa shape index (κ3) is 3.28. The van der Waals surface area contributed by atoms with Gasteiger partial charge in [0.25, 0.3) is 5.69 Å². The molecule has 10 heteroatoms. The zero-order chi connectivity index (χ0) is 20.5. The van der Waals surface area contributed by atoms with Crippen LogP contribution in [0.2, 0.25) is 0 Å². The van der Waals surface area contributed by atoms with Gasteiger partial charge in [-0.1, -0.05) is 12.1 Å². The predicted octanol–water partition coefficient (Wildman–Crippen LogP) is 3.52. The van der Waals surface area contributed by atoms with E-state index in [1.54, 1.807) is 12.1 Å². The van der Waals surface area contributed by atoms with Gasteiger partial charge in [0.2, 0.25) is 5.65 Å². The minimum Gasteiger partial charge on any atom is -0.353 e. The molecule has 0 radical (unpaired) electrons. The van der Waals surface area contributed by atoms with E-state index in [9.17, 15) is 10.1 Å². The normalized spacial score (nSPS) is 13.7. The number of hydrogen-bond donors (Lipinski definition) is 2. The quantitative estimate of drug-likeness (QED) is 0.293. The van der Waals surface area contributed by atoms with Gasteiger partial charge in [-0.2, -0.15) is 0 Å². The van der Waals surface area contributed by atoms with Gasteiger partial charge < -0.3 is 10.3 Å². The van der Waals surface area contributed by atoms with Gasteiger partial charge in [0.15, 0.2) is 5.82 Å². The van der Waals surface area contributed by atoms with Crippen molar-refractivity contribution in [2.45, 2.75) is 12.8 Å². The molecule has 2 N–H and O–H groups in total. The Labute approximate surface area is 171 Å². The molecule has 0 aliphatic carbocycles. The topological polar surface area (TPSA) is 122 Å². The highest BCUT2D eigenvalue weighted by Gasteiger charge is 2.22. The van der Waals surface area contributed by atoms with Crippen LogP contribution in [0.4, 0.5) is 22.9 Å². The number of nitrogens with zero attached hydrogens (tertiary/aromatic N) is 6. The summed E-state index contributed by atoms with van der Waals surface area (Å²) in [6, 6.07) is 13.8. The average Bonchev–Trinajstić information content (AvgIpc) is 3.31. The first kappa shape index (κ1) is 18.0. The maximum atomic E-state index is 10.9. The van der Waals surface area contributed by atoms with Crippen LogP contribution in [0.3, 0.4) is 0 Å². The highest BCUT2D eigenvalue weighted by atomic mass is 16.6. The minimum atomic E-state index is -0.427. The smallest absolute Gasteiger partial charge is 0.269 e. The van der Waals surface area contributed by atoms with Gasteiger partial charge in [-0.05, 0) is 37.1 Å². The number of non-ortho nitro benzene ring substituents is 1. The van der Waals surface area contributed by atoms with Crippen LogP contribution in [-0.4, -0.2) is 38.2 Å². The van der Waals surface area contributed by atoms with Gasteiger partial charge in [0.1, 0.15) is 11.2 Å². The van der Waals surface area contributed by atoms with E-state index in [4.69, 9.17) is 4.98 Å². The average molecular weight is 402 g/mol. The molecule has 0 atom stereocenters. The number of para-hydroxylation sites is 2. The molecule has 30 heavy (non-hydrogen) atoms. The molecular formula is C20H18N8O2. The summed E-state index contributed by atoms with van der Waals surface area (Å²) in [5.74, 6) is 0.707. The summed E-state index contributed by atoms with van der Waals surface area (Å²) in [6.45, 7) is 1.79. The molecule has 1 aliphatic rings. The van der Waals surface area contributed by atoms with Crippen molar-refractivity contribution < 1.29 is 4.92 Å². The fourth-order valence-electron chi connectivity index (χ4n) is 3.55. The Kier molecular flexibility index (Phi) is 4.43. The molecule has 2 aromatic heterocycles. The molecule has 5 rings (SSSR count). The fourth-order valence-corrected chi connectivity index (χ4v) is 3.55. The molecular weight excluding hydrogens is 384 g/mol. The van der Waals surface area contributed by atoms with Gasteiger partial charge in [0.05, 0.1) is 21.6 Å². The fraction of sp³-hybridized carbons (Fsp3) is 0.200. The molecule has 0 amide bonds. The number of aromatic nitrogens is 4. The zero-order valence-electron chi connectivity index (χ0n) is 15.9. The first-order valence-electron chi connectivity index (χ1n) is 9.64. The lowest BCUT2D eigenvalue weighted by atomic mass is 10.2. The molecule has 0 spiro atoms. The van der Waals surface area contributed by atoms with Crippen LogP contribution in [0.1, 0.15) is 12.8 Å². The number of fused-ring (bicyclic) bond motifs is 2. The number of benzene rings is 2. The van der Waals surface area contributed by atoms with Crippen LogP contribution in [0.25, 0.3) is 22.2 Å². The Morgan fingerprint density at radius 1 is 0.900 bits per heavy atom. The van der Waals surface area contributed by atoms with Crippen LogP contribution < -0.4 is 15.8 Å². The molecule has 4 aromatic rings. The van der Waals surface area contributed by atoms with Crippen molar-refractivity contribution in [2.75, 3.05) is 28.8 Å². The number of nitrogens with one attached hydrogen (secondary N) is 2. The van der Waals surface area contributed by atoms with E-state index in [-0.39, 0.29) is 5.69 Å². The Balaban J connectivity index is 1.56. The molecule has 3 heterocycles. The SMILES string of the molecule is O=[N+]([O-])c1ccc(NNc2c(N3CCCC3)nnc3nc4ccccc4nc23)cc1. The van der Waals surface area contributed by atoms with E-state index in [1.807, 2.05) is 24.3 Å². The first-order chi connectivity index (χ1) is 14.7. The Morgan fingerprint density at radius 2 is 1.60 bits per heavy atom. The second-order valence-electron chi connectivity index (χ2n) is 7.03. The lowest BCUT2D eigenvalue weighted by molar-refractivity contribution is -0.384. The molecule has 1 fully saturated rings. The number of nitro groups is 1. The van der Waals surface area contributed by atoms with Crippen molar-refractivity contribution in [3.05, 3.63) is 58.6 Å². The van der Waals surface area contributed by atoms with Gasteiger partial charge in [-0.25, -0.2) is 9.97 Å². The molecule has 0 bridgehead atoms. The van der Waals surface area contributed by atoms with Gasteiger partial charge in [-0.3, -0.25) is 15.5 Å². The summed E-state index contributed by atoms with van der Waals surface area (Å²) < 4.78 is 0. The highest BCUT2D eigenvalue weighted by molar-refractivity contribution is 5.96. The maximum Gasteiger partial charge on any atom is 0.269 e. The molecule has 1 aliphatic heterocycles. The molecule has 150 valence electrons. The van der Waals surface area contributed by atoms with Crippen LogP contribution in [0.15, 0.2) is 48.5 Å². The van der Waals surface area contributed by atoms with Gasteiger partial charge in [-0.15, -0.1) is 10.2 Å². The van der Waals surface area contributed by atoms with Crippen molar-refractivity contribution in [3.63, 3.8) is 0 Å². The predicted molar refractivity (Wildman–Crippen MR) is 114 cm³/mol. The van der Waals surface area contributed by atoms with Crippen molar-refractivity contribution >= 4 is 45.1 Å². The number of rotatable bonds is 5. The van der Waals surface area contributed by atoms with Gasteiger partial charge in [0, 0.05) is 25.2 Å². The van der Waals surface area contributed by atoms with Crippen molar-refractivity contribution in [3.8, 4) is 0 Å². The lowest BCUT2D eigenvalue weighted by Gasteiger charge is -2.21. The largest absolute Gasteiger partial charge is 0.353 e. The highest BCUT2D eigenvalue weighted by Crippen LogP contribution is 2.32. The lowest BCUT2D eigenvalue weighted by Crippen LogP contribution is -2.23. The van der Waals surface area contributed by atoms with E-state index in [0.29, 0.717) is 28.4 Å². The van der Waals surface area contributed by atoms with E-state index in [0.717, 1.165) is 37.0 Å². The van der Waals surface area contributed by atoms with Crippen LogP contribution >= 0.6 is 0 Å². The van der Waals surface area contributed by atoms with E-state index >= 15 is 0 Å². The molecule has 1 saturated heterocycles. The van der Waals surface area contributed by atoms with Crippen LogP contribution in [-0.2, 0) is 0 Å². The summed E-state index contributed by atoms with van der Waals surface area (Å²) >= 11 is 0. The van der Waals surface area contributed by atoms with Crippen molar-refractivity contribution in [2.24, 2.45) is 0 Å².